The van der Waals surface area contributed by atoms with E-state index in [1.807, 2.05) is 18.6 Å². The summed E-state index contributed by atoms with van der Waals surface area (Å²) in [5.74, 6) is 5.56. The number of hydrogen-bond donors (Lipinski definition) is 2. The Labute approximate surface area is 103 Å². The molecule has 4 nitrogen and oxygen atoms in total. The summed E-state index contributed by atoms with van der Waals surface area (Å²) < 4.78 is 0. The predicted octanol–water partition coefficient (Wildman–Crippen LogP) is 1.53. The molecule has 0 spiro atoms. The summed E-state index contributed by atoms with van der Waals surface area (Å²) in [6.45, 7) is 2.01. The van der Waals surface area contributed by atoms with Gasteiger partial charge in [-0.25, -0.2) is 4.98 Å². The summed E-state index contributed by atoms with van der Waals surface area (Å²) in [6, 6.07) is 0.228. The highest BCUT2D eigenvalue weighted by atomic mass is 32.1. The van der Waals surface area contributed by atoms with Crippen LogP contribution in [0.5, 0.6) is 0 Å². The van der Waals surface area contributed by atoms with Crippen molar-refractivity contribution in [3.8, 4) is 0 Å². The van der Waals surface area contributed by atoms with Crippen molar-refractivity contribution in [2.24, 2.45) is 5.84 Å². The van der Waals surface area contributed by atoms with Crippen molar-refractivity contribution >= 4 is 22.7 Å². The van der Waals surface area contributed by atoms with Gasteiger partial charge in [0.2, 0.25) is 0 Å². The number of nitrogens with zero attached hydrogens (tertiary/aromatic N) is 2. The number of rotatable bonds is 5. The second kappa shape index (κ2) is 5.49. The second-order valence-electron chi connectivity index (χ2n) is 3.62. The normalized spacial score (nSPS) is 12.9. The molecule has 0 aliphatic rings. The molecule has 1 atom stereocenters. The van der Waals surface area contributed by atoms with E-state index in [9.17, 15) is 0 Å². The zero-order chi connectivity index (χ0) is 11.4. The van der Waals surface area contributed by atoms with Crippen LogP contribution >= 0.6 is 22.7 Å². The van der Waals surface area contributed by atoms with Crippen LogP contribution in [0.3, 0.4) is 0 Å². The summed E-state index contributed by atoms with van der Waals surface area (Å²) in [5, 5.41) is 3.19. The molecular formula is C10H14N4S2. The molecule has 0 aromatic carbocycles. The Bertz CT molecular complexity index is 424. The van der Waals surface area contributed by atoms with Gasteiger partial charge in [0.1, 0.15) is 0 Å². The fraction of sp³-hybridized carbons (Fsp3) is 0.400. The van der Waals surface area contributed by atoms with Crippen LogP contribution < -0.4 is 11.3 Å². The predicted molar refractivity (Wildman–Crippen MR) is 67.5 cm³/mol. The zero-order valence-corrected chi connectivity index (χ0v) is 10.6. The molecule has 0 saturated carbocycles. The second-order valence-corrected chi connectivity index (χ2v) is 5.54. The fourth-order valence-electron chi connectivity index (χ4n) is 1.48. The Hall–Kier alpha value is -0.820. The van der Waals surface area contributed by atoms with Gasteiger partial charge in [0.05, 0.1) is 10.5 Å². The monoisotopic (exact) mass is 254 g/mol. The molecule has 2 aromatic heterocycles. The molecule has 16 heavy (non-hydrogen) atoms. The topological polar surface area (TPSA) is 63.8 Å². The van der Waals surface area contributed by atoms with Gasteiger partial charge in [0.15, 0.2) is 0 Å². The minimum atomic E-state index is 0.228. The van der Waals surface area contributed by atoms with E-state index in [0.717, 1.165) is 23.5 Å². The molecule has 86 valence electrons. The van der Waals surface area contributed by atoms with Crippen molar-refractivity contribution in [1.82, 2.24) is 15.4 Å². The maximum atomic E-state index is 5.56. The van der Waals surface area contributed by atoms with Crippen LogP contribution in [0, 0.1) is 6.92 Å². The largest absolute Gasteiger partial charge is 0.271 e. The molecule has 3 N–H and O–H groups in total. The lowest BCUT2D eigenvalue weighted by molar-refractivity contribution is 0.524. The van der Waals surface area contributed by atoms with Crippen molar-refractivity contribution < 1.29 is 0 Å². The lowest BCUT2D eigenvalue weighted by Gasteiger charge is -2.12. The first-order chi connectivity index (χ1) is 7.78. The van der Waals surface area contributed by atoms with E-state index in [0.29, 0.717) is 0 Å². The molecule has 0 aliphatic carbocycles. The van der Waals surface area contributed by atoms with Gasteiger partial charge in [-0.05, 0) is 6.92 Å². The van der Waals surface area contributed by atoms with Gasteiger partial charge >= 0.3 is 0 Å². The summed E-state index contributed by atoms with van der Waals surface area (Å²) in [6.07, 6.45) is 3.66. The van der Waals surface area contributed by atoms with Crippen molar-refractivity contribution in [1.29, 1.82) is 0 Å². The molecule has 0 radical (unpaired) electrons. The van der Waals surface area contributed by atoms with E-state index in [2.05, 4.69) is 20.8 Å². The summed E-state index contributed by atoms with van der Waals surface area (Å²) >= 11 is 3.35. The molecule has 2 heterocycles. The van der Waals surface area contributed by atoms with Gasteiger partial charge in [-0.1, -0.05) is 0 Å². The third-order valence-corrected chi connectivity index (χ3v) is 4.05. The third kappa shape index (κ3) is 3.08. The average molecular weight is 254 g/mol. The SMILES string of the molecule is Cc1csc(CC(Cc2cncs2)NN)n1. The van der Waals surface area contributed by atoms with Gasteiger partial charge in [0, 0.05) is 41.0 Å². The van der Waals surface area contributed by atoms with E-state index >= 15 is 0 Å². The van der Waals surface area contributed by atoms with Gasteiger partial charge in [-0.15, -0.1) is 22.7 Å². The van der Waals surface area contributed by atoms with E-state index in [-0.39, 0.29) is 6.04 Å². The Morgan fingerprint density at radius 2 is 2.31 bits per heavy atom. The molecular weight excluding hydrogens is 240 g/mol. The van der Waals surface area contributed by atoms with Gasteiger partial charge < -0.3 is 0 Å². The lowest BCUT2D eigenvalue weighted by atomic mass is 10.1. The number of hydrazine groups is 1. The highest BCUT2D eigenvalue weighted by Gasteiger charge is 2.11. The Morgan fingerprint density at radius 3 is 2.88 bits per heavy atom. The van der Waals surface area contributed by atoms with Crippen LogP contribution in [0.1, 0.15) is 15.6 Å². The highest BCUT2D eigenvalue weighted by molar-refractivity contribution is 7.09. The standard InChI is InChI=1S/C10H14N4S2/c1-7-5-15-10(13-7)3-8(14-11)2-9-4-12-6-16-9/h4-6,8,14H,2-3,11H2,1H3. The van der Waals surface area contributed by atoms with Crippen LogP contribution in [0.2, 0.25) is 0 Å². The molecule has 6 heteroatoms. The van der Waals surface area contributed by atoms with E-state index in [1.54, 1.807) is 22.7 Å². The molecule has 2 rings (SSSR count). The number of hydrogen-bond acceptors (Lipinski definition) is 6. The quantitative estimate of drug-likeness (QED) is 0.627. The van der Waals surface area contributed by atoms with Gasteiger partial charge in [-0.2, -0.15) is 0 Å². The number of nitrogens with two attached hydrogens (primary N) is 1. The van der Waals surface area contributed by atoms with Crippen molar-refractivity contribution in [3.05, 3.63) is 32.7 Å². The molecule has 0 fully saturated rings. The first-order valence-corrected chi connectivity index (χ1v) is 6.78. The summed E-state index contributed by atoms with van der Waals surface area (Å²) in [7, 11) is 0. The fourth-order valence-corrected chi connectivity index (χ4v) is 3.01. The highest BCUT2D eigenvalue weighted by Crippen LogP contribution is 2.14. The first-order valence-electron chi connectivity index (χ1n) is 5.02. The van der Waals surface area contributed by atoms with Crippen molar-refractivity contribution in [2.45, 2.75) is 25.8 Å². The Kier molecular flexibility index (Phi) is 4.00. The van der Waals surface area contributed by atoms with E-state index in [1.165, 1.54) is 4.88 Å². The van der Waals surface area contributed by atoms with Crippen molar-refractivity contribution in [3.63, 3.8) is 0 Å². The summed E-state index contributed by atoms with van der Waals surface area (Å²) in [4.78, 5) is 9.74. The number of thiazole rings is 2. The maximum absolute atomic E-state index is 5.56. The minimum Gasteiger partial charge on any atom is -0.271 e. The molecule has 0 aliphatic heterocycles. The molecule has 0 bridgehead atoms. The first kappa shape index (κ1) is 11.7. The van der Waals surface area contributed by atoms with E-state index in [4.69, 9.17) is 5.84 Å². The molecule has 1 unspecified atom stereocenters. The average Bonchev–Trinajstić information content (AvgIpc) is 2.89. The molecule has 2 aromatic rings. The smallest absolute Gasteiger partial charge is 0.0944 e. The number of aromatic nitrogens is 2. The summed E-state index contributed by atoms with van der Waals surface area (Å²) in [5.41, 5.74) is 5.76. The van der Waals surface area contributed by atoms with Gasteiger partial charge in [-0.3, -0.25) is 16.3 Å². The minimum absolute atomic E-state index is 0.228. The van der Waals surface area contributed by atoms with Crippen LogP contribution in [0.15, 0.2) is 17.1 Å². The number of aryl methyl sites for hydroxylation is 1. The van der Waals surface area contributed by atoms with Gasteiger partial charge in [0.25, 0.3) is 0 Å². The zero-order valence-electron chi connectivity index (χ0n) is 9.01. The van der Waals surface area contributed by atoms with Crippen molar-refractivity contribution in [2.75, 3.05) is 0 Å². The molecule has 0 saturated heterocycles. The maximum Gasteiger partial charge on any atom is 0.0944 e. The van der Waals surface area contributed by atoms with Crippen LogP contribution in [-0.4, -0.2) is 16.0 Å². The Balaban J connectivity index is 1.95. The Morgan fingerprint density at radius 1 is 1.44 bits per heavy atom. The van der Waals surface area contributed by atoms with Crippen LogP contribution in [-0.2, 0) is 12.8 Å². The number of nitrogens with one attached hydrogen (secondary N) is 1. The van der Waals surface area contributed by atoms with Crippen LogP contribution in [0.4, 0.5) is 0 Å². The van der Waals surface area contributed by atoms with E-state index < -0.39 is 0 Å². The van der Waals surface area contributed by atoms with Crippen LogP contribution in [0.25, 0.3) is 0 Å². The molecule has 0 amide bonds. The third-order valence-electron chi connectivity index (χ3n) is 2.25. The lowest BCUT2D eigenvalue weighted by Crippen LogP contribution is -2.38.